The lowest BCUT2D eigenvalue weighted by atomic mass is 10.1. The number of nitrogens with one attached hydrogen (secondary N) is 1. The van der Waals surface area contributed by atoms with E-state index in [1.807, 2.05) is 0 Å². The van der Waals surface area contributed by atoms with Gasteiger partial charge >= 0.3 is 0 Å². The summed E-state index contributed by atoms with van der Waals surface area (Å²) in [5.41, 5.74) is 2.50. The molecule has 1 aromatic rings. The highest BCUT2D eigenvalue weighted by Crippen LogP contribution is 2.06. The van der Waals surface area contributed by atoms with Gasteiger partial charge in [-0.3, -0.25) is 0 Å². The summed E-state index contributed by atoms with van der Waals surface area (Å²) < 4.78 is 16.0. The smallest absolute Gasteiger partial charge is 0.0718 e. The quantitative estimate of drug-likeness (QED) is 0.602. The van der Waals surface area contributed by atoms with E-state index in [-0.39, 0.29) is 0 Å². The average molecular weight is 295 g/mol. The SMILES string of the molecule is COCCCOCCOCc1ccc(CNC(C)C)cc1. The molecule has 0 radical (unpaired) electrons. The van der Waals surface area contributed by atoms with Crippen molar-refractivity contribution in [2.45, 2.75) is 39.5 Å². The van der Waals surface area contributed by atoms with Crippen molar-refractivity contribution in [3.05, 3.63) is 35.4 Å². The van der Waals surface area contributed by atoms with Crippen LogP contribution in [0, 0.1) is 0 Å². The Hall–Kier alpha value is -0.940. The summed E-state index contributed by atoms with van der Waals surface area (Å²) in [4.78, 5) is 0. The summed E-state index contributed by atoms with van der Waals surface area (Å²) in [6, 6.07) is 9.05. The Morgan fingerprint density at radius 3 is 2.24 bits per heavy atom. The van der Waals surface area contributed by atoms with Crippen LogP contribution in [0.5, 0.6) is 0 Å². The van der Waals surface area contributed by atoms with Gasteiger partial charge in [0.2, 0.25) is 0 Å². The molecule has 0 aromatic heterocycles. The van der Waals surface area contributed by atoms with E-state index < -0.39 is 0 Å². The fourth-order valence-electron chi connectivity index (χ4n) is 1.79. The molecule has 1 rings (SSSR count). The van der Waals surface area contributed by atoms with Crippen LogP contribution in [0.3, 0.4) is 0 Å². The topological polar surface area (TPSA) is 39.7 Å². The molecule has 0 saturated carbocycles. The van der Waals surface area contributed by atoms with E-state index in [2.05, 4.69) is 43.4 Å². The summed E-state index contributed by atoms with van der Waals surface area (Å²) in [5, 5.41) is 3.41. The molecule has 1 aromatic carbocycles. The summed E-state index contributed by atoms with van der Waals surface area (Å²) >= 11 is 0. The second-order valence-corrected chi connectivity index (χ2v) is 5.36. The van der Waals surface area contributed by atoms with Crippen molar-refractivity contribution >= 4 is 0 Å². The maximum atomic E-state index is 5.59. The number of rotatable bonds is 12. The number of benzene rings is 1. The summed E-state index contributed by atoms with van der Waals surface area (Å²) in [7, 11) is 1.70. The zero-order valence-electron chi connectivity index (χ0n) is 13.6. The lowest BCUT2D eigenvalue weighted by Gasteiger charge is -2.09. The van der Waals surface area contributed by atoms with Gasteiger partial charge in [0, 0.05) is 32.9 Å². The molecule has 0 bridgehead atoms. The lowest BCUT2D eigenvalue weighted by Crippen LogP contribution is -2.21. The maximum Gasteiger partial charge on any atom is 0.0718 e. The van der Waals surface area contributed by atoms with E-state index >= 15 is 0 Å². The monoisotopic (exact) mass is 295 g/mol. The van der Waals surface area contributed by atoms with E-state index in [9.17, 15) is 0 Å². The highest BCUT2D eigenvalue weighted by Gasteiger charge is 1.97. The van der Waals surface area contributed by atoms with Crippen molar-refractivity contribution in [3.63, 3.8) is 0 Å². The zero-order valence-corrected chi connectivity index (χ0v) is 13.6. The van der Waals surface area contributed by atoms with Gasteiger partial charge in [-0.05, 0) is 17.5 Å². The van der Waals surface area contributed by atoms with E-state index in [1.165, 1.54) is 11.1 Å². The third-order valence-corrected chi connectivity index (χ3v) is 3.02. The van der Waals surface area contributed by atoms with Gasteiger partial charge in [0.25, 0.3) is 0 Å². The van der Waals surface area contributed by atoms with Gasteiger partial charge in [0.1, 0.15) is 0 Å². The molecule has 0 heterocycles. The van der Waals surface area contributed by atoms with Crippen LogP contribution >= 0.6 is 0 Å². The average Bonchev–Trinajstić information content (AvgIpc) is 2.49. The Kier molecular flexibility index (Phi) is 10.1. The minimum Gasteiger partial charge on any atom is -0.385 e. The van der Waals surface area contributed by atoms with E-state index in [4.69, 9.17) is 14.2 Å². The first-order chi connectivity index (χ1) is 10.2. The molecule has 0 aliphatic carbocycles. The van der Waals surface area contributed by atoms with Gasteiger partial charge in [-0.25, -0.2) is 0 Å². The highest BCUT2D eigenvalue weighted by molar-refractivity contribution is 5.21. The third kappa shape index (κ3) is 9.58. The van der Waals surface area contributed by atoms with Gasteiger partial charge in [-0.2, -0.15) is 0 Å². The second kappa shape index (κ2) is 11.7. The predicted octanol–water partition coefficient (Wildman–Crippen LogP) is 2.75. The molecular weight excluding hydrogens is 266 g/mol. The van der Waals surface area contributed by atoms with Crippen LogP contribution < -0.4 is 5.32 Å². The maximum absolute atomic E-state index is 5.59. The molecule has 0 atom stereocenters. The Labute approximate surface area is 128 Å². The van der Waals surface area contributed by atoms with Crippen LogP contribution in [0.4, 0.5) is 0 Å². The van der Waals surface area contributed by atoms with Crippen LogP contribution in [0.2, 0.25) is 0 Å². The minimum atomic E-state index is 0.511. The molecule has 0 aliphatic heterocycles. The lowest BCUT2D eigenvalue weighted by molar-refractivity contribution is 0.0337. The van der Waals surface area contributed by atoms with Crippen molar-refractivity contribution in [2.75, 3.05) is 33.5 Å². The molecule has 0 fully saturated rings. The predicted molar refractivity (Wildman–Crippen MR) is 85.4 cm³/mol. The second-order valence-electron chi connectivity index (χ2n) is 5.36. The molecule has 0 spiro atoms. The Balaban J connectivity index is 2.07. The third-order valence-electron chi connectivity index (χ3n) is 3.02. The standard InChI is InChI=1S/C17H29NO3/c1-15(2)18-13-16-5-7-17(8-6-16)14-21-12-11-20-10-4-9-19-3/h5-8,15,18H,4,9-14H2,1-3H3. The first kappa shape index (κ1) is 18.1. The summed E-state index contributed by atoms with van der Waals surface area (Å²) in [6.07, 6.45) is 0.933. The Bertz CT molecular complexity index is 352. The molecule has 21 heavy (non-hydrogen) atoms. The van der Waals surface area contributed by atoms with Crippen LogP contribution in [-0.2, 0) is 27.4 Å². The van der Waals surface area contributed by atoms with Gasteiger partial charge in [-0.1, -0.05) is 38.1 Å². The fourth-order valence-corrected chi connectivity index (χ4v) is 1.79. The van der Waals surface area contributed by atoms with Crippen LogP contribution in [0.15, 0.2) is 24.3 Å². The molecule has 4 heteroatoms. The van der Waals surface area contributed by atoms with E-state index in [0.717, 1.165) is 26.2 Å². The molecule has 4 nitrogen and oxygen atoms in total. The number of ether oxygens (including phenoxy) is 3. The zero-order chi connectivity index (χ0) is 15.3. The van der Waals surface area contributed by atoms with Crippen LogP contribution in [0.25, 0.3) is 0 Å². The van der Waals surface area contributed by atoms with E-state index in [1.54, 1.807) is 7.11 Å². The fraction of sp³-hybridized carbons (Fsp3) is 0.647. The first-order valence-corrected chi connectivity index (χ1v) is 7.68. The molecule has 120 valence electrons. The van der Waals surface area contributed by atoms with Gasteiger partial charge in [-0.15, -0.1) is 0 Å². The van der Waals surface area contributed by atoms with Gasteiger partial charge < -0.3 is 19.5 Å². The van der Waals surface area contributed by atoms with Crippen LogP contribution in [0.1, 0.15) is 31.4 Å². The van der Waals surface area contributed by atoms with Gasteiger partial charge in [0.15, 0.2) is 0 Å². The summed E-state index contributed by atoms with van der Waals surface area (Å²) in [6.45, 7) is 8.60. The Morgan fingerprint density at radius 1 is 0.905 bits per heavy atom. The Morgan fingerprint density at radius 2 is 1.57 bits per heavy atom. The number of methoxy groups -OCH3 is 1. The molecular formula is C17H29NO3. The highest BCUT2D eigenvalue weighted by atomic mass is 16.5. The van der Waals surface area contributed by atoms with Crippen molar-refractivity contribution in [2.24, 2.45) is 0 Å². The molecule has 0 aliphatic rings. The normalized spacial score (nSPS) is 11.2. The van der Waals surface area contributed by atoms with Crippen molar-refractivity contribution in [3.8, 4) is 0 Å². The van der Waals surface area contributed by atoms with Crippen molar-refractivity contribution in [1.82, 2.24) is 5.32 Å². The van der Waals surface area contributed by atoms with Crippen molar-refractivity contribution in [1.29, 1.82) is 0 Å². The number of hydrogen-bond donors (Lipinski definition) is 1. The summed E-state index contributed by atoms with van der Waals surface area (Å²) in [5.74, 6) is 0. The largest absolute Gasteiger partial charge is 0.385 e. The minimum absolute atomic E-state index is 0.511. The molecule has 1 N–H and O–H groups in total. The van der Waals surface area contributed by atoms with E-state index in [0.29, 0.717) is 25.9 Å². The first-order valence-electron chi connectivity index (χ1n) is 7.68. The number of hydrogen-bond acceptors (Lipinski definition) is 4. The molecule has 0 amide bonds. The van der Waals surface area contributed by atoms with Crippen molar-refractivity contribution < 1.29 is 14.2 Å². The van der Waals surface area contributed by atoms with Crippen LogP contribution in [-0.4, -0.2) is 39.6 Å². The molecule has 0 saturated heterocycles. The molecule has 0 unspecified atom stereocenters. The van der Waals surface area contributed by atoms with Gasteiger partial charge in [0.05, 0.1) is 19.8 Å².